The number of carbonyl (C=O) groups is 2. The molecule has 3 N–H and O–H groups in total. The molecule has 1 fully saturated rings. The minimum Gasteiger partial charge on any atom is -0.465 e. The molecule has 29 heavy (non-hydrogen) atoms. The van der Waals surface area contributed by atoms with Gasteiger partial charge in [-0.15, -0.1) is 0 Å². The number of carbonyl (C=O) groups excluding carboxylic acids is 1. The van der Waals surface area contributed by atoms with Crippen molar-refractivity contribution in [2.75, 3.05) is 5.32 Å². The summed E-state index contributed by atoms with van der Waals surface area (Å²) in [6.07, 6.45) is 5.17. The molecule has 2 aromatic heterocycles. The minimum absolute atomic E-state index is 0.0866. The highest BCUT2D eigenvalue weighted by atomic mass is 19.1. The van der Waals surface area contributed by atoms with Gasteiger partial charge in [-0.1, -0.05) is 19.8 Å². The number of nitrogens with zero attached hydrogens (tertiary/aromatic N) is 3. The number of hydrogen-bond donors (Lipinski definition) is 3. The molecule has 2 aromatic rings. The van der Waals surface area contributed by atoms with Gasteiger partial charge in [-0.25, -0.2) is 14.2 Å². The minimum atomic E-state index is -1.25. The lowest BCUT2D eigenvalue weighted by Gasteiger charge is -2.31. The summed E-state index contributed by atoms with van der Waals surface area (Å²) in [4.78, 5) is 28.1. The van der Waals surface area contributed by atoms with Crippen LogP contribution in [0.4, 0.5) is 14.9 Å². The zero-order valence-corrected chi connectivity index (χ0v) is 16.8. The molecule has 0 bridgehead atoms. The number of pyridine rings is 1. The molecule has 0 aromatic carbocycles. The molecule has 1 atom stereocenters. The summed E-state index contributed by atoms with van der Waals surface area (Å²) < 4.78 is 16.2. The van der Waals surface area contributed by atoms with E-state index >= 15 is 0 Å². The first-order valence-corrected chi connectivity index (χ1v) is 9.71. The first-order valence-electron chi connectivity index (χ1n) is 9.71. The molecule has 1 saturated carbocycles. The molecule has 156 valence electrons. The van der Waals surface area contributed by atoms with Gasteiger partial charge in [0.15, 0.2) is 5.82 Å². The Hall–Kier alpha value is -2.97. The molecule has 2 heterocycles. The quantitative estimate of drug-likeness (QED) is 0.709. The molecular weight excluding hydrogens is 377 g/mol. The summed E-state index contributed by atoms with van der Waals surface area (Å²) in [6, 6.07) is 0.301. The Labute approximate surface area is 168 Å². The zero-order chi connectivity index (χ0) is 21.1. The second-order valence-corrected chi connectivity index (χ2v) is 7.79. The smallest absolute Gasteiger partial charge is 0.405 e. The molecule has 2 amide bonds. The fraction of sp³-hybridized carbons (Fsp3) is 0.500. The zero-order valence-electron chi connectivity index (χ0n) is 16.8. The van der Waals surface area contributed by atoms with Crippen LogP contribution >= 0.6 is 0 Å². The largest absolute Gasteiger partial charge is 0.465 e. The average molecular weight is 403 g/mol. The maximum atomic E-state index is 14.7. The predicted octanol–water partition coefficient (Wildman–Crippen LogP) is 3.33. The highest BCUT2D eigenvalue weighted by Gasteiger charge is 2.32. The van der Waals surface area contributed by atoms with Crippen molar-refractivity contribution >= 4 is 17.7 Å². The number of rotatable bonds is 5. The van der Waals surface area contributed by atoms with Crippen molar-refractivity contribution in [3.05, 3.63) is 29.8 Å². The Morgan fingerprint density at radius 2 is 1.97 bits per heavy atom. The van der Waals surface area contributed by atoms with E-state index in [1.165, 1.54) is 16.9 Å². The van der Waals surface area contributed by atoms with E-state index in [9.17, 15) is 14.0 Å². The third-order valence-electron chi connectivity index (χ3n) is 5.55. The Kier molecular flexibility index (Phi) is 6.14. The molecule has 0 spiro atoms. The molecular formula is C20H26FN5O3. The Morgan fingerprint density at radius 1 is 1.28 bits per heavy atom. The second kappa shape index (κ2) is 8.59. The van der Waals surface area contributed by atoms with Crippen LogP contribution in [0.15, 0.2) is 18.5 Å². The first-order chi connectivity index (χ1) is 13.8. The van der Waals surface area contributed by atoms with Crippen molar-refractivity contribution in [3.8, 4) is 11.4 Å². The maximum absolute atomic E-state index is 14.7. The van der Waals surface area contributed by atoms with Crippen LogP contribution in [0.2, 0.25) is 0 Å². The molecule has 0 aliphatic heterocycles. The fourth-order valence-electron chi connectivity index (χ4n) is 3.94. The maximum Gasteiger partial charge on any atom is 0.405 e. The van der Waals surface area contributed by atoms with Gasteiger partial charge in [-0.05, 0) is 37.2 Å². The summed E-state index contributed by atoms with van der Waals surface area (Å²) in [5.74, 6) is -0.612. The lowest BCUT2D eigenvalue weighted by Crippen LogP contribution is -2.49. The Bertz CT molecular complexity index is 886. The Balaban J connectivity index is 1.77. The van der Waals surface area contributed by atoms with E-state index in [-0.39, 0.29) is 17.3 Å². The third-order valence-corrected chi connectivity index (χ3v) is 5.55. The summed E-state index contributed by atoms with van der Waals surface area (Å²) in [5, 5.41) is 18.2. The SMILES string of the molecule is Cc1cnn(C)c1-c1ncc(NC(=O)[C@@H](NC(=O)O)C2CCC(C)CC2)cc1F. The van der Waals surface area contributed by atoms with Crippen molar-refractivity contribution in [2.45, 2.75) is 45.6 Å². The van der Waals surface area contributed by atoms with Crippen LogP contribution in [0.1, 0.15) is 38.2 Å². The molecule has 0 saturated heterocycles. The number of aryl methyl sites for hydroxylation is 2. The Morgan fingerprint density at radius 3 is 2.52 bits per heavy atom. The lowest BCUT2D eigenvalue weighted by atomic mass is 9.79. The van der Waals surface area contributed by atoms with Gasteiger partial charge in [-0.3, -0.25) is 9.48 Å². The molecule has 0 radical (unpaired) electrons. The van der Waals surface area contributed by atoms with Gasteiger partial charge in [0.1, 0.15) is 11.7 Å². The van der Waals surface area contributed by atoms with Crippen LogP contribution in [-0.4, -0.2) is 37.9 Å². The lowest BCUT2D eigenvalue weighted by molar-refractivity contribution is -0.119. The van der Waals surface area contributed by atoms with Crippen LogP contribution in [0.25, 0.3) is 11.4 Å². The highest BCUT2D eigenvalue weighted by molar-refractivity contribution is 5.96. The third kappa shape index (κ3) is 4.72. The number of halogens is 1. The van der Waals surface area contributed by atoms with E-state index in [0.717, 1.165) is 31.2 Å². The van der Waals surface area contributed by atoms with Gasteiger partial charge >= 0.3 is 6.09 Å². The van der Waals surface area contributed by atoms with E-state index in [1.807, 2.05) is 6.92 Å². The van der Waals surface area contributed by atoms with Gasteiger partial charge in [0.25, 0.3) is 0 Å². The van der Waals surface area contributed by atoms with E-state index in [0.29, 0.717) is 11.6 Å². The number of amides is 2. The van der Waals surface area contributed by atoms with Crippen LogP contribution in [0, 0.1) is 24.6 Å². The molecule has 9 heteroatoms. The normalized spacial score (nSPS) is 20.1. The topological polar surface area (TPSA) is 109 Å². The second-order valence-electron chi connectivity index (χ2n) is 7.79. The number of nitrogens with one attached hydrogen (secondary N) is 2. The predicted molar refractivity (Wildman–Crippen MR) is 106 cm³/mol. The fourth-order valence-corrected chi connectivity index (χ4v) is 3.94. The van der Waals surface area contributed by atoms with Gasteiger partial charge in [0.05, 0.1) is 23.8 Å². The number of aromatic nitrogens is 3. The van der Waals surface area contributed by atoms with Crippen molar-refractivity contribution in [2.24, 2.45) is 18.9 Å². The molecule has 8 nitrogen and oxygen atoms in total. The van der Waals surface area contributed by atoms with Crippen LogP contribution in [0.5, 0.6) is 0 Å². The molecule has 3 rings (SSSR count). The highest BCUT2D eigenvalue weighted by Crippen LogP contribution is 2.31. The van der Waals surface area contributed by atoms with Crippen molar-refractivity contribution in [1.29, 1.82) is 0 Å². The summed E-state index contributed by atoms with van der Waals surface area (Å²) in [6.45, 7) is 3.96. The number of carboxylic acid groups (broad SMARTS) is 1. The summed E-state index contributed by atoms with van der Waals surface area (Å²) in [7, 11) is 1.70. The monoisotopic (exact) mass is 403 g/mol. The van der Waals surface area contributed by atoms with Gasteiger partial charge in [0, 0.05) is 13.1 Å². The summed E-state index contributed by atoms with van der Waals surface area (Å²) >= 11 is 0. The van der Waals surface area contributed by atoms with Crippen LogP contribution in [0.3, 0.4) is 0 Å². The van der Waals surface area contributed by atoms with Crippen molar-refractivity contribution in [1.82, 2.24) is 20.1 Å². The molecule has 1 aliphatic carbocycles. The van der Waals surface area contributed by atoms with E-state index in [4.69, 9.17) is 5.11 Å². The standard InChI is InChI=1S/C20H26FN5O3/c1-11-4-6-13(7-5-11)16(25-20(28)29)19(27)24-14-8-15(21)17(22-10-14)18-12(2)9-23-26(18)3/h8-11,13,16,25H,4-7H2,1-3H3,(H,24,27)(H,28,29)/t11?,13?,16-/m0/s1. The van der Waals surface area contributed by atoms with Gasteiger partial charge in [-0.2, -0.15) is 5.10 Å². The van der Waals surface area contributed by atoms with E-state index in [2.05, 4.69) is 27.6 Å². The van der Waals surface area contributed by atoms with Gasteiger partial charge in [0.2, 0.25) is 5.91 Å². The summed E-state index contributed by atoms with van der Waals surface area (Å²) in [5.41, 5.74) is 1.66. The average Bonchev–Trinajstić information content (AvgIpc) is 2.99. The van der Waals surface area contributed by atoms with Crippen LogP contribution < -0.4 is 10.6 Å². The molecule has 1 aliphatic rings. The number of hydrogen-bond acceptors (Lipinski definition) is 4. The van der Waals surface area contributed by atoms with Gasteiger partial charge < -0.3 is 15.7 Å². The van der Waals surface area contributed by atoms with Crippen LogP contribution in [-0.2, 0) is 11.8 Å². The van der Waals surface area contributed by atoms with Crippen molar-refractivity contribution < 1.29 is 19.1 Å². The first kappa shape index (κ1) is 20.8. The van der Waals surface area contributed by atoms with E-state index in [1.54, 1.807) is 13.2 Å². The number of anilines is 1. The van der Waals surface area contributed by atoms with E-state index < -0.39 is 23.9 Å². The van der Waals surface area contributed by atoms with Crippen molar-refractivity contribution in [3.63, 3.8) is 0 Å². The molecule has 0 unspecified atom stereocenters.